The molecule has 2 aromatic heterocycles. The molecule has 0 amide bonds. The minimum Gasteiger partial charge on any atom is -0.476 e. The van der Waals surface area contributed by atoms with Crippen LogP contribution >= 0.6 is 11.8 Å². The fourth-order valence-corrected chi connectivity index (χ4v) is 2.79. The summed E-state index contributed by atoms with van der Waals surface area (Å²) in [5, 5.41) is 18.7. The van der Waals surface area contributed by atoms with Crippen LogP contribution in [0.25, 0.3) is 11.3 Å². The number of pyridine rings is 1. The number of carbonyl (C=O) groups is 1. The number of carboxylic acid groups (broad SMARTS) is 1. The first-order valence-corrected chi connectivity index (χ1v) is 7.78. The Morgan fingerprint density at radius 2 is 1.88 bits per heavy atom. The molecule has 0 aliphatic rings. The zero-order chi connectivity index (χ0) is 18.7. The average molecular weight is 382 g/mol. The summed E-state index contributed by atoms with van der Waals surface area (Å²) in [5.41, 5.74) is 1.02. The Hall–Kier alpha value is -3.08. The summed E-state index contributed by atoms with van der Waals surface area (Å²) < 4.78 is 40.2. The molecule has 0 aliphatic carbocycles. The molecule has 11 heteroatoms. The van der Waals surface area contributed by atoms with Crippen LogP contribution in [-0.2, 0) is 0 Å². The Morgan fingerprint density at radius 1 is 1.15 bits per heavy atom. The summed E-state index contributed by atoms with van der Waals surface area (Å²) in [5.74, 6) is -1.57. The number of hydrogen-bond acceptors (Lipinski definition) is 6. The molecule has 3 rings (SSSR count). The molecular weight excluding hydrogens is 373 g/mol. The van der Waals surface area contributed by atoms with Gasteiger partial charge in [0.25, 0.3) is 0 Å². The lowest BCUT2D eigenvalue weighted by Crippen LogP contribution is -2.17. The molecule has 3 aromatic rings. The zero-order valence-electron chi connectivity index (χ0n) is 12.7. The Labute approximate surface area is 148 Å². The maximum Gasteiger partial charge on any atom is 0.573 e. The van der Waals surface area contributed by atoms with Crippen molar-refractivity contribution in [2.75, 3.05) is 0 Å². The van der Waals surface area contributed by atoms with Crippen LogP contribution in [0.1, 0.15) is 10.5 Å². The number of benzene rings is 1. The number of nitrogens with zero attached hydrogens (tertiary/aromatic N) is 3. The van der Waals surface area contributed by atoms with Gasteiger partial charge in [0, 0.05) is 10.5 Å². The second-order valence-corrected chi connectivity index (χ2v) is 5.91. The minimum atomic E-state index is -4.77. The lowest BCUT2D eigenvalue weighted by atomic mass is 10.1. The van der Waals surface area contributed by atoms with Crippen molar-refractivity contribution in [2.45, 2.75) is 16.3 Å². The number of alkyl halides is 3. The van der Waals surface area contributed by atoms with Gasteiger partial charge in [-0.05, 0) is 24.3 Å². The van der Waals surface area contributed by atoms with Gasteiger partial charge in [-0.1, -0.05) is 29.1 Å². The number of aromatic carboxylic acids is 1. The van der Waals surface area contributed by atoms with Crippen molar-refractivity contribution < 1.29 is 27.8 Å². The van der Waals surface area contributed by atoms with Crippen molar-refractivity contribution in [2.24, 2.45) is 0 Å². The molecule has 2 N–H and O–H groups in total. The van der Waals surface area contributed by atoms with E-state index in [0.717, 1.165) is 18.0 Å². The normalized spacial score (nSPS) is 11.3. The largest absolute Gasteiger partial charge is 0.573 e. The highest BCUT2D eigenvalue weighted by Crippen LogP contribution is 2.30. The van der Waals surface area contributed by atoms with Gasteiger partial charge < -0.3 is 9.84 Å². The first kappa shape index (κ1) is 17.7. The van der Waals surface area contributed by atoms with Gasteiger partial charge in [-0.15, -0.1) is 18.3 Å². The second-order valence-electron chi connectivity index (χ2n) is 4.85. The number of nitrogens with one attached hydrogen (secondary N) is 1. The summed E-state index contributed by atoms with van der Waals surface area (Å²) in [7, 11) is 0. The van der Waals surface area contributed by atoms with Gasteiger partial charge in [-0.25, -0.2) is 4.79 Å². The molecule has 0 aliphatic heterocycles. The molecule has 2 heterocycles. The topological polar surface area (TPSA) is 101 Å². The number of aromatic amines is 1. The highest BCUT2D eigenvalue weighted by Gasteiger charge is 2.31. The molecule has 134 valence electrons. The lowest BCUT2D eigenvalue weighted by molar-refractivity contribution is -0.274. The molecule has 0 bridgehead atoms. The van der Waals surface area contributed by atoms with Crippen LogP contribution in [0.15, 0.2) is 52.5 Å². The first-order valence-electron chi connectivity index (χ1n) is 6.96. The van der Waals surface area contributed by atoms with Crippen molar-refractivity contribution >= 4 is 17.7 Å². The van der Waals surface area contributed by atoms with Gasteiger partial charge in [-0.3, -0.25) is 10.1 Å². The van der Waals surface area contributed by atoms with Crippen LogP contribution in [0.5, 0.6) is 5.75 Å². The van der Waals surface area contributed by atoms with E-state index < -0.39 is 18.1 Å². The molecule has 0 spiro atoms. The van der Waals surface area contributed by atoms with E-state index >= 15 is 0 Å². The van der Waals surface area contributed by atoms with Crippen molar-refractivity contribution in [3.63, 3.8) is 0 Å². The standard InChI is InChI=1S/C15H9F3N4O3S/c16-15(17,18)25-9-3-6-11(19-7-9)8-1-4-10(5-2-8)26-13-12(14(23)24)20-22-21-13/h1-7H,(H,23,24)(H,20,21,22). The molecule has 7 nitrogen and oxygen atoms in total. The average Bonchev–Trinajstić information content (AvgIpc) is 3.03. The van der Waals surface area contributed by atoms with E-state index in [1.54, 1.807) is 24.3 Å². The predicted octanol–water partition coefficient (Wildman–Crippen LogP) is 3.61. The number of carboxylic acids is 1. The predicted molar refractivity (Wildman–Crippen MR) is 83.8 cm³/mol. The van der Waals surface area contributed by atoms with Crippen molar-refractivity contribution in [1.82, 2.24) is 20.4 Å². The number of ether oxygens (including phenoxy) is 1. The van der Waals surface area contributed by atoms with Crippen LogP contribution in [-0.4, -0.2) is 37.8 Å². The van der Waals surface area contributed by atoms with E-state index in [-0.39, 0.29) is 10.7 Å². The van der Waals surface area contributed by atoms with E-state index in [4.69, 9.17) is 5.11 Å². The van der Waals surface area contributed by atoms with E-state index in [0.29, 0.717) is 16.2 Å². The Kier molecular flexibility index (Phi) is 4.80. The van der Waals surface area contributed by atoms with E-state index in [9.17, 15) is 18.0 Å². The quantitative estimate of drug-likeness (QED) is 0.695. The third-order valence-electron chi connectivity index (χ3n) is 3.06. The second kappa shape index (κ2) is 7.04. The third kappa shape index (κ3) is 4.30. The maximum absolute atomic E-state index is 12.1. The highest BCUT2D eigenvalue weighted by molar-refractivity contribution is 7.99. The van der Waals surface area contributed by atoms with Crippen LogP contribution < -0.4 is 4.74 Å². The van der Waals surface area contributed by atoms with E-state index in [2.05, 4.69) is 25.1 Å². The molecule has 0 fully saturated rings. The van der Waals surface area contributed by atoms with Crippen molar-refractivity contribution in [1.29, 1.82) is 0 Å². The van der Waals surface area contributed by atoms with Crippen LogP contribution in [0.4, 0.5) is 13.2 Å². The molecule has 0 unspecified atom stereocenters. The third-order valence-corrected chi connectivity index (χ3v) is 4.05. The molecule has 0 atom stereocenters. The smallest absolute Gasteiger partial charge is 0.476 e. The first-order chi connectivity index (χ1) is 12.3. The monoisotopic (exact) mass is 382 g/mol. The van der Waals surface area contributed by atoms with Gasteiger partial charge in [0.15, 0.2) is 10.7 Å². The fourth-order valence-electron chi connectivity index (χ4n) is 1.98. The van der Waals surface area contributed by atoms with Crippen LogP contribution in [0.2, 0.25) is 0 Å². The number of H-pyrrole nitrogens is 1. The number of aromatic nitrogens is 4. The Bertz CT molecular complexity index is 911. The lowest BCUT2D eigenvalue weighted by Gasteiger charge is -2.09. The zero-order valence-corrected chi connectivity index (χ0v) is 13.5. The van der Waals surface area contributed by atoms with Gasteiger partial charge >= 0.3 is 12.3 Å². The minimum absolute atomic E-state index is 0.110. The summed E-state index contributed by atoms with van der Waals surface area (Å²) in [4.78, 5) is 15.7. The number of hydrogen-bond donors (Lipinski definition) is 2. The summed E-state index contributed by atoms with van der Waals surface area (Å²) in [6.07, 6.45) is -3.78. The Morgan fingerprint density at radius 3 is 2.46 bits per heavy atom. The van der Waals surface area contributed by atoms with E-state index in [1.165, 1.54) is 12.1 Å². The molecular formula is C15H9F3N4O3S. The Balaban J connectivity index is 1.73. The van der Waals surface area contributed by atoms with Crippen molar-refractivity contribution in [3.05, 3.63) is 48.3 Å². The molecule has 26 heavy (non-hydrogen) atoms. The van der Waals surface area contributed by atoms with E-state index in [1.807, 2.05) is 0 Å². The van der Waals surface area contributed by atoms with Gasteiger partial charge in [0.1, 0.15) is 5.75 Å². The molecule has 0 saturated carbocycles. The maximum atomic E-state index is 12.1. The van der Waals surface area contributed by atoms with Gasteiger partial charge in [-0.2, -0.15) is 0 Å². The number of halogens is 3. The highest BCUT2D eigenvalue weighted by atomic mass is 32.2. The summed E-state index contributed by atoms with van der Waals surface area (Å²) in [6.45, 7) is 0. The summed E-state index contributed by atoms with van der Waals surface area (Å²) >= 11 is 1.11. The molecule has 0 radical (unpaired) electrons. The SMILES string of the molecule is O=C(O)c1[nH]nnc1Sc1ccc(-c2ccc(OC(F)(F)F)cn2)cc1. The van der Waals surface area contributed by atoms with Gasteiger partial charge in [0.2, 0.25) is 0 Å². The number of rotatable bonds is 5. The van der Waals surface area contributed by atoms with Crippen LogP contribution in [0.3, 0.4) is 0 Å². The van der Waals surface area contributed by atoms with Crippen LogP contribution in [0, 0.1) is 0 Å². The van der Waals surface area contributed by atoms with Crippen molar-refractivity contribution in [3.8, 4) is 17.0 Å². The summed E-state index contributed by atoms with van der Waals surface area (Å²) in [6, 6.07) is 9.41. The molecule has 1 aromatic carbocycles. The molecule has 0 saturated heterocycles. The fraction of sp³-hybridized carbons (Fsp3) is 0.0667. The van der Waals surface area contributed by atoms with Gasteiger partial charge in [0.05, 0.1) is 11.9 Å².